The van der Waals surface area contributed by atoms with E-state index in [1.165, 1.54) is 0 Å². The molecule has 0 atom stereocenters. The summed E-state index contributed by atoms with van der Waals surface area (Å²) in [4.78, 5) is 14.6. The fourth-order valence-electron chi connectivity index (χ4n) is 0.654. The van der Waals surface area contributed by atoms with Crippen molar-refractivity contribution in [2.24, 2.45) is 0 Å². The Morgan fingerprint density at radius 1 is 1.75 bits per heavy atom. The first-order valence-corrected chi connectivity index (χ1v) is 3.56. The largest absolute Gasteiger partial charge is 0.482 e. The van der Waals surface area contributed by atoms with E-state index in [0.29, 0.717) is 5.75 Å². The van der Waals surface area contributed by atoms with Crippen molar-refractivity contribution in [2.75, 3.05) is 13.7 Å². The number of amides is 1. The van der Waals surface area contributed by atoms with Crippen molar-refractivity contribution in [3.63, 3.8) is 0 Å². The molecule has 0 fully saturated rings. The van der Waals surface area contributed by atoms with E-state index in [4.69, 9.17) is 4.74 Å². The highest BCUT2D eigenvalue weighted by molar-refractivity contribution is 5.77. The molecule has 64 valence electrons. The van der Waals surface area contributed by atoms with Crippen molar-refractivity contribution in [2.45, 2.75) is 0 Å². The molecule has 0 aliphatic heterocycles. The highest BCUT2D eigenvalue weighted by Gasteiger charge is 1.97. The molecule has 0 unspecified atom stereocenters. The third kappa shape index (κ3) is 2.57. The summed E-state index contributed by atoms with van der Waals surface area (Å²) in [6.45, 7) is 0.0300. The van der Waals surface area contributed by atoms with E-state index in [1.54, 1.807) is 31.6 Å². The van der Waals surface area contributed by atoms with Gasteiger partial charge >= 0.3 is 0 Å². The Hall–Kier alpha value is -1.58. The highest BCUT2D eigenvalue weighted by atomic mass is 16.5. The van der Waals surface area contributed by atoms with Crippen LogP contribution >= 0.6 is 0 Å². The summed E-state index contributed by atoms with van der Waals surface area (Å²) < 4.78 is 5.08. The Balaban J connectivity index is 2.38. The van der Waals surface area contributed by atoms with Gasteiger partial charge in [-0.25, -0.2) is 0 Å². The highest BCUT2D eigenvalue weighted by Crippen LogP contribution is 2.04. The minimum atomic E-state index is -0.154. The molecule has 0 spiro atoms. The lowest BCUT2D eigenvalue weighted by molar-refractivity contribution is -0.122. The molecule has 4 nitrogen and oxygen atoms in total. The molecule has 1 aromatic heterocycles. The van der Waals surface area contributed by atoms with Gasteiger partial charge in [-0.1, -0.05) is 0 Å². The Kier molecular flexibility index (Phi) is 3.07. The first-order chi connectivity index (χ1) is 5.83. The van der Waals surface area contributed by atoms with E-state index in [2.05, 4.69) is 10.3 Å². The number of nitrogens with zero attached hydrogens (tertiary/aromatic N) is 1. The van der Waals surface area contributed by atoms with Crippen LogP contribution in [-0.2, 0) is 4.79 Å². The Morgan fingerprint density at radius 2 is 2.58 bits per heavy atom. The number of ether oxygens (including phenoxy) is 1. The zero-order valence-corrected chi connectivity index (χ0v) is 6.78. The quantitative estimate of drug-likeness (QED) is 0.698. The van der Waals surface area contributed by atoms with Crippen LogP contribution in [0, 0.1) is 0 Å². The summed E-state index contributed by atoms with van der Waals surface area (Å²) in [5.41, 5.74) is 0. The normalized spacial score (nSPS) is 9.08. The number of aromatic nitrogens is 1. The summed E-state index contributed by atoms with van der Waals surface area (Å²) in [7, 11) is 1.56. The SMILES string of the molecule is CNC(=O)COc1cccnc1. The molecule has 0 aliphatic carbocycles. The van der Waals surface area contributed by atoms with Gasteiger partial charge in [-0.2, -0.15) is 0 Å². The molecule has 12 heavy (non-hydrogen) atoms. The second-order valence-electron chi connectivity index (χ2n) is 2.15. The van der Waals surface area contributed by atoms with Gasteiger partial charge < -0.3 is 10.1 Å². The topological polar surface area (TPSA) is 51.2 Å². The second kappa shape index (κ2) is 4.33. The minimum absolute atomic E-state index is 0.0300. The molecule has 1 heterocycles. The van der Waals surface area contributed by atoms with Gasteiger partial charge in [0, 0.05) is 13.2 Å². The van der Waals surface area contributed by atoms with Crippen molar-refractivity contribution in [3.05, 3.63) is 24.5 Å². The van der Waals surface area contributed by atoms with Gasteiger partial charge in [-0.3, -0.25) is 9.78 Å². The molecule has 0 saturated carbocycles. The van der Waals surface area contributed by atoms with E-state index in [-0.39, 0.29) is 12.5 Å². The van der Waals surface area contributed by atoms with E-state index in [1.807, 2.05) is 0 Å². The van der Waals surface area contributed by atoms with Crippen molar-refractivity contribution in [3.8, 4) is 5.75 Å². The molecule has 0 bridgehead atoms. The van der Waals surface area contributed by atoms with Crippen LogP contribution in [0.3, 0.4) is 0 Å². The summed E-state index contributed by atoms with van der Waals surface area (Å²) in [5, 5.41) is 2.45. The van der Waals surface area contributed by atoms with Crippen molar-refractivity contribution >= 4 is 5.91 Å². The number of carbonyl (C=O) groups excluding carboxylic acids is 1. The zero-order valence-electron chi connectivity index (χ0n) is 6.78. The summed E-state index contributed by atoms with van der Waals surface area (Å²) in [6, 6.07) is 3.50. The summed E-state index contributed by atoms with van der Waals surface area (Å²) in [6.07, 6.45) is 3.20. The fraction of sp³-hybridized carbons (Fsp3) is 0.250. The molecule has 0 aromatic carbocycles. The molecule has 1 rings (SSSR count). The first kappa shape index (κ1) is 8.52. The molecule has 0 aliphatic rings. The molecule has 0 saturated heterocycles. The third-order valence-corrected chi connectivity index (χ3v) is 1.28. The maximum atomic E-state index is 10.7. The predicted molar refractivity (Wildman–Crippen MR) is 43.8 cm³/mol. The van der Waals surface area contributed by atoms with Gasteiger partial charge in [-0.15, -0.1) is 0 Å². The third-order valence-electron chi connectivity index (χ3n) is 1.28. The van der Waals surface area contributed by atoms with Gasteiger partial charge in [-0.05, 0) is 12.1 Å². The number of likely N-dealkylation sites (N-methyl/N-ethyl adjacent to an activating group) is 1. The summed E-state index contributed by atoms with van der Waals surface area (Å²) in [5.74, 6) is 0.444. The number of pyridine rings is 1. The molecular weight excluding hydrogens is 156 g/mol. The minimum Gasteiger partial charge on any atom is -0.482 e. The van der Waals surface area contributed by atoms with Crippen molar-refractivity contribution < 1.29 is 9.53 Å². The fourth-order valence-corrected chi connectivity index (χ4v) is 0.654. The van der Waals surface area contributed by atoms with E-state index < -0.39 is 0 Å². The smallest absolute Gasteiger partial charge is 0.257 e. The van der Waals surface area contributed by atoms with Crippen LogP contribution in [0.4, 0.5) is 0 Å². The number of hydrogen-bond acceptors (Lipinski definition) is 3. The van der Waals surface area contributed by atoms with Crippen LogP contribution in [0.1, 0.15) is 0 Å². The average molecular weight is 166 g/mol. The van der Waals surface area contributed by atoms with Crippen LogP contribution in [0.5, 0.6) is 5.75 Å². The lowest BCUT2D eigenvalue weighted by Gasteiger charge is -2.02. The predicted octanol–water partition coefficient (Wildman–Crippen LogP) is 0.206. The van der Waals surface area contributed by atoms with Gasteiger partial charge in [0.15, 0.2) is 6.61 Å². The lowest BCUT2D eigenvalue weighted by atomic mass is 10.5. The maximum Gasteiger partial charge on any atom is 0.257 e. The summed E-state index contributed by atoms with van der Waals surface area (Å²) >= 11 is 0. The molecule has 1 N–H and O–H groups in total. The number of nitrogens with one attached hydrogen (secondary N) is 1. The number of hydrogen-bond donors (Lipinski definition) is 1. The standard InChI is InChI=1S/C8H10N2O2/c1-9-8(11)6-12-7-3-2-4-10-5-7/h2-5H,6H2,1H3,(H,9,11). The van der Waals surface area contributed by atoms with Crippen LogP contribution in [-0.4, -0.2) is 24.5 Å². The molecule has 1 amide bonds. The van der Waals surface area contributed by atoms with Crippen LogP contribution in [0.25, 0.3) is 0 Å². The molecule has 0 radical (unpaired) electrons. The number of rotatable bonds is 3. The lowest BCUT2D eigenvalue weighted by Crippen LogP contribution is -2.24. The first-order valence-electron chi connectivity index (χ1n) is 3.56. The van der Waals surface area contributed by atoms with E-state index in [0.717, 1.165) is 0 Å². The van der Waals surface area contributed by atoms with Crippen LogP contribution in [0.15, 0.2) is 24.5 Å². The maximum absolute atomic E-state index is 10.7. The second-order valence-corrected chi connectivity index (χ2v) is 2.15. The molecule has 4 heteroatoms. The van der Waals surface area contributed by atoms with Gasteiger partial charge in [0.05, 0.1) is 6.20 Å². The van der Waals surface area contributed by atoms with Crippen LogP contribution in [0.2, 0.25) is 0 Å². The van der Waals surface area contributed by atoms with Crippen LogP contribution < -0.4 is 10.1 Å². The van der Waals surface area contributed by atoms with Crippen molar-refractivity contribution in [1.29, 1.82) is 0 Å². The molecular formula is C8H10N2O2. The Morgan fingerprint density at radius 3 is 3.17 bits per heavy atom. The number of carbonyl (C=O) groups is 1. The Bertz CT molecular complexity index is 248. The van der Waals surface area contributed by atoms with Gasteiger partial charge in [0.1, 0.15) is 5.75 Å². The molecule has 1 aromatic rings. The van der Waals surface area contributed by atoms with Gasteiger partial charge in [0.25, 0.3) is 5.91 Å². The van der Waals surface area contributed by atoms with E-state index in [9.17, 15) is 4.79 Å². The van der Waals surface area contributed by atoms with Gasteiger partial charge in [0.2, 0.25) is 0 Å². The van der Waals surface area contributed by atoms with Crippen molar-refractivity contribution in [1.82, 2.24) is 10.3 Å². The monoisotopic (exact) mass is 166 g/mol. The Labute approximate surface area is 70.6 Å². The zero-order chi connectivity index (χ0) is 8.81. The van der Waals surface area contributed by atoms with E-state index >= 15 is 0 Å². The average Bonchev–Trinajstić information content (AvgIpc) is 2.16.